The minimum atomic E-state index is 0.189. The van der Waals surface area contributed by atoms with Crippen LogP contribution in [0.15, 0.2) is 24.3 Å². The number of benzene rings is 1. The number of rotatable bonds is 3. The van der Waals surface area contributed by atoms with Crippen molar-refractivity contribution >= 4 is 11.6 Å². The monoisotopic (exact) mass is 247 g/mol. The number of carbonyl (C=O) groups is 1. The minimum absolute atomic E-state index is 0.189. The standard InChI is InChI=1S/C14H21N3O/c1-11(15-2)12-4-6-13(7-5-12)17-9-8-16(3)14(18)10-17/h4-7,11,15H,8-10H2,1-3H3. The number of nitrogens with one attached hydrogen (secondary N) is 1. The van der Waals surface area contributed by atoms with Crippen LogP contribution in [0.4, 0.5) is 5.69 Å². The first-order valence-electron chi connectivity index (χ1n) is 6.38. The maximum Gasteiger partial charge on any atom is 0.241 e. The van der Waals surface area contributed by atoms with Gasteiger partial charge in [-0.3, -0.25) is 4.79 Å². The van der Waals surface area contributed by atoms with Crippen molar-refractivity contribution in [2.45, 2.75) is 13.0 Å². The first kappa shape index (κ1) is 12.9. The second-order valence-corrected chi connectivity index (χ2v) is 4.84. The molecule has 4 heteroatoms. The highest BCUT2D eigenvalue weighted by molar-refractivity contribution is 5.82. The van der Waals surface area contributed by atoms with E-state index in [9.17, 15) is 4.79 Å². The number of hydrogen-bond acceptors (Lipinski definition) is 3. The minimum Gasteiger partial charge on any atom is -0.360 e. The van der Waals surface area contributed by atoms with Crippen LogP contribution in [0.3, 0.4) is 0 Å². The summed E-state index contributed by atoms with van der Waals surface area (Å²) < 4.78 is 0. The molecule has 0 spiro atoms. The van der Waals surface area contributed by atoms with Crippen LogP contribution < -0.4 is 10.2 Å². The summed E-state index contributed by atoms with van der Waals surface area (Å²) in [5.41, 5.74) is 2.39. The molecule has 1 saturated heterocycles. The van der Waals surface area contributed by atoms with Crippen molar-refractivity contribution in [3.05, 3.63) is 29.8 Å². The van der Waals surface area contributed by atoms with Crippen LogP contribution in [0.25, 0.3) is 0 Å². The quantitative estimate of drug-likeness (QED) is 0.873. The number of anilines is 1. The Balaban J connectivity index is 2.08. The van der Waals surface area contributed by atoms with E-state index in [4.69, 9.17) is 0 Å². The van der Waals surface area contributed by atoms with Gasteiger partial charge >= 0.3 is 0 Å². The lowest BCUT2D eigenvalue weighted by atomic mass is 10.1. The van der Waals surface area contributed by atoms with Crippen molar-refractivity contribution in [2.24, 2.45) is 0 Å². The number of piperazine rings is 1. The lowest BCUT2D eigenvalue weighted by molar-refractivity contribution is -0.129. The number of amides is 1. The van der Waals surface area contributed by atoms with E-state index in [2.05, 4.69) is 41.4 Å². The number of carbonyl (C=O) groups excluding carboxylic acids is 1. The Bertz CT molecular complexity index is 416. The zero-order valence-electron chi connectivity index (χ0n) is 11.3. The maximum absolute atomic E-state index is 11.7. The molecular weight excluding hydrogens is 226 g/mol. The van der Waals surface area contributed by atoms with Crippen LogP contribution in [0, 0.1) is 0 Å². The summed E-state index contributed by atoms with van der Waals surface area (Å²) in [7, 11) is 3.81. The largest absolute Gasteiger partial charge is 0.360 e. The van der Waals surface area contributed by atoms with Gasteiger partial charge in [-0.15, -0.1) is 0 Å². The average molecular weight is 247 g/mol. The fourth-order valence-corrected chi connectivity index (χ4v) is 2.12. The lowest BCUT2D eigenvalue weighted by Crippen LogP contribution is -2.48. The van der Waals surface area contributed by atoms with Crippen molar-refractivity contribution in [1.82, 2.24) is 10.2 Å². The Hall–Kier alpha value is -1.55. The summed E-state index contributed by atoms with van der Waals surface area (Å²) in [6, 6.07) is 8.80. The Morgan fingerprint density at radius 1 is 1.22 bits per heavy atom. The van der Waals surface area contributed by atoms with E-state index in [-0.39, 0.29) is 5.91 Å². The van der Waals surface area contributed by atoms with Gasteiger partial charge in [-0.05, 0) is 31.7 Å². The predicted octanol–water partition coefficient (Wildman–Crippen LogP) is 1.25. The zero-order chi connectivity index (χ0) is 13.1. The summed E-state index contributed by atoms with van der Waals surface area (Å²) in [6.45, 7) is 4.32. The lowest BCUT2D eigenvalue weighted by Gasteiger charge is -2.33. The maximum atomic E-state index is 11.7. The third-order valence-corrected chi connectivity index (χ3v) is 3.65. The summed E-state index contributed by atoms with van der Waals surface area (Å²) in [5, 5.41) is 3.22. The molecule has 98 valence electrons. The van der Waals surface area contributed by atoms with Crippen LogP contribution in [-0.2, 0) is 4.79 Å². The predicted molar refractivity (Wildman–Crippen MR) is 73.8 cm³/mol. The molecule has 0 radical (unpaired) electrons. The molecule has 1 aliphatic rings. The van der Waals surface area contributed by atoms with E-state index in [1.807, 2.05) is 14.1 Å². The first-order chi connectivity index (χ1) is 8.61. The molecule has 0 saturated carbocycles. The molecule has 0 bridgehead atoms. The highest BCUT2D eigenvalue weighted by Crippen LogP contribution is 2.20. The fraction of sp³-hybridized carbons (Fsp3) is 0.500. The smallest absolute Gasteiger partial charge is 0.241 e. The van der Waals surface area contributed by atoms with Crippen LogP contribution in [0.5, 0.6) is 0 Å². The van der Waals surface area contributed by atoms with Gasteiger partial charge in [0.15, 0.2) is 0 Å². The summed E-state index contributed by atoms with van der Waals surface area (Å²) in [6.07, 6.45) is 0. The van der Waals surface area contributed by atoms with Crippen molar-refractivity contribution in [3.8, 4) is 0 Å². The molecule has 1 N–H and O–H groups in total. The van der Waals surface area contributed by atoms with Crippen LogP contribution in [-0.4, -0.2) is 44.5 Å². The Labute approximate surface area is 109 Å². The molecule has 1 aromatic carbocycles. The molecule has 0 aromatic heterocycles. The summed E-state index contributed by atoms with van der Waals surface area (Å²) in [5.74, 6) is 0.189. The zero-order valence-corrected chi connectivity index (χ0v) is 11.3. The molecule has 1 aromatic rings. The molecule has 0 aliphatic carbocycles. The molecule has 18 heavy (non-hydrogen) atoms. The second-order valence-electron chi connectivity index (χ2n) is 4.84. The van der Waals surface area contributed by atoms with E-state index < -0.39 is 0 Å². The van der Waals surface area contributed by atoms with E-state index in [1.54, 1.807) is 4.90 Å². The van der Waals surface area contributed by atoms with E-state index in [0.29, 0.717) is 12.6 Å². The third-order valence-electron chi connectivity index (χ3n) is 3.65. The Morgan fingerprint density at radius 3 is 2.44 bits per heavy atom. The van der Waals surface area contributed by atoms with Gasteiger partial charge in [0.2, 0.25) is 5.91 Å². The molecule has 1 unspecified atom stereocenters. The Morgan fingerprint density at radius 2 is 1.89 bits per heavy atom. The van der Waals surface area contributed by atoms with Crippen molar-refractivity contribution < 1.29 is 4.79 Å². The van der Waals surface area contributed by atoms with Crippen LogP contribution in [0.2, 0.25) is 0 Å². The molecule has 1 amide bonds. The molecule has 1 heterocycles. The van der Waals surface area contributed by atoms with Gasteiger partial charge in [0.1, 0.15) is 0 Å². The first-order valence-corrected chi connectivity index (χ1v) is 6.38. The average Bonchev–Trinajstić information content (AvgIpc) is 2.41. The number of nitrogens with zero attached hydrogens (tertiary/aromatic N) is 2. The second kappa shape index (κ2) is 5.40. The van der Waals surface area contributed by atoms with Crippen molar-refractivity contribution in [2.75, 3.05) is 38.6 Å². The van der Waals surface area contributed by atoms with Gasteiger partial charge in [0, 0.05) is 31.9 Å². The number of likely N-dealkylation sites (N-methyl/N-ethyl adjacent to an activating group) is 1. The fourth-order valence-electron chi connectivity index (χ4n) is 2.12. The molecule has 2 rings (SSSR count). The SMILES string of the molecule is CNC(C)c1ccc(N2CCN(C)C(=O)C2)cc1. The molecule has 1 fully saturated rings. The molecule has 1 atom stereocenters. The van der Waals surface area contributed by atoms with Gasteiger partial charge < -0.3 is 15.1 Å². The van der Waals surface area contributed by atoms with E-state index >= 15 is 0 Å². The van der Waals surface area contributed by atoms with Crippen LogP contribution in [0.1, 0.15) is 18.5 Å². The van der Waals surface area contributed by atoms with E-state index in [1.165, 1.54) is 5.56 Å². The van der Waals surface area contributed by atoms with Gasteiger partial charge in [-0.1, -0.05) is 12.1 Å². The van der Waals surface area contributed by atoms with Crippen molar-refractivity contribution in [3.63, 3.8) is 0 Å². The molecular formula is C14H21N3O. The third kappa shape index (κ3) is 2.64. The van der Waals surface area contributed by atoms with Gasteiger partial charge in [-0.25, -0.2) is 0 Å². The summed E-state index contributed by atoms with van der Waals surface area (Å²) in [4.78, 5) is 15.6. The molecule has 1 aliphatic heterocycles. The van der Waals surface area contributed by atoms with Gasteiger partial charge in [0.05, 0.1) is 6.54 Å². The van der Waals surface area contributed by atoms with Crippen LogP contribution >= 0.6 is 0 Å². The summed E-state index contributed by atoms with van der Waals surface area (Å²) >= 11 is 0. The topological polar surface area (TPSA) is 35.6 Å². The van der Waals surface area contributed by atoms with E-state index in [0.717, 1.165) is 18.8 Å². The van der Waals surface area contributed by atoms with Crippen molar-refractivity contribution in [1.29, 1.82) is 0 Å². The van der Waals surface area contributed by atoms with Gasteiger partial charge in [-0.2, -0.15) is 0 Å². The van der Waals surface area contributed by atoms with Gasteiger partial charge in [0.25, 0.3) is 0 Å². The molecule has 4 nitrogen and oxygen atoms in total. The highest BCUT2D eigenvalue weighted by Gasteiger charge is 2.20. The normalized spacial score (nSPS) is 18.1. The number of hydrogen-bond donors (Lipinski definition) is 1. The Kier molecular flexibility index (Phi) is 3.87. The highest BCUT2D eigenvalue weighted by atomic mass is 16.2.